The largest absolute Gasteiger partial charge is 0.490 e. The molecule has 1 aliphatic heterocycles. The summed E-state index contributed by atoms with van der Waals surface area (Å²) in [5.41, 5.74) is 2.24. The number of alkyl halides is 3. The molecule has 4 heterocycles. The minimum absolute atomic E-state index is 0.0755. The Labute approximate surface area is 216 Å². The van der Waals surface area contributed by atoms with Crippen LogP contribution in [0.2, 0.25) is 0 Å². The molecule has 1 aliphatic rings. The number of pyridine rings is 2. The summed E-state index contributed by atoms with van der Waals surface area (Å²) in [6, 6.07) is 8.91. The number of ether oxygens (including phenoxy) is 2. The molecule has 1 atom stereocenters. The monoisotopic (exact) mass is 523 g/mol. The second-order valence-corrected chi connectivity index (χ2v) is 8.87. The van der Waals surface area contributed by atoms with Gasteiger partial charge in [-0.2, -0.15) is 18.3 Å². The van der Waals surface area contributed by atoms with Crippen molar-refractivity contribution in [1.82, 2.24) is 19.7 Å². The number of carbonyl (C=O) groups is 1. The summed E-state index contributed by atoms with van der Waals surface area (Å²) >= 11 is 0. The van der Waals surface area contributed by atoms with Crippen LogP contribution in [-0.2, 0) is 10.9 Å². The van der Waals surface area contributed by atoms with E-state index in [-0.39, 0.29) is 11.7 Å². The van der Waals surface area contributed by atoms with E-state index in [0.29, 0.717) is 23.7 Å². The van der Waals surface area contributed by atoms with Crippen LogP contribution >= 0.6 is 0 Å². The van der Waals surface area contributed by atoms with Crippen LogP contribution in [0.4, 0.5) is 18.9 Å². The molecule has 4 aromatic rings. The van der Waals surface area contributed by atoms with Gasteiger partial charge in [-0.05, 0) is 55.7 Å². The lowest BCUT2D eigenvalue weighted by Crippen LogP contribution is -2.16. The van der Waals surface area contributed by atoms with Crippen LogP contribution < -0.4 is 10.1 Å². The second-order valence-electron chi connectivity index (χ2n) is 8.87. The number of anilines is 1. The Morgan fingerprint density at radius 2 is 2.05 bits per heavy atom. The summed E-state index contributed by atoms with van der Waals surface area (Å²) in [7, 11) is 0. The third kappa shape index (κ3) is 5.67. The highest BCUT2D eigenvalue weighted by Gasteiger charge is 2.33. The van der Waals surface area contributed by atoms with Crippen molar-refractivity contribution in [3.63, 3.8) is 0 Å². The highest BCUT2D eigenvalue weighted by molar-refractivity contribution is 6.04. The molecule has 1 unspecified atom stereocenters. The van der Waals surface area contributed by atoms with Crippen LogP contribution in [0.25, 0.3) is 16.8 Å². The molecule has 3 aromatic heterocycles. The zero-order valence-electron chi connectivity index (χ0n) is 20.4. The first-order valence-electron chi connectivity index (χ1n) is 12.0. The van der Waals surface area contributed by atoms with Crippen LogP contribution in [0.5, 0.6) is 5.75 Å². The van der Waals surface area contributed by atoms with Crippen LogP contribution in [0.3, 0.4) is 0 Å². The number of hydrogen-bond acceptors (Lipinski definition) is 6. The third-order valence-corrected chi connectivity index (χ3v) is 6.15. The van der Waals surface area contributed by atoms with Crippen LogP contribution in [0.1, 0.15) is 34.5 Å². The zero-order chi connectivity index (χ0) is 26.7. The minimum atomic E-state index is -4.64. The van der Waals surface area contributed by atoms with E-state index < -0.39 is 17.8 Å². The molecule has 38 heavy (non-hydrogen) atoms. The number of nitrogens with one attached hydrogen (secondary N) is 1. The van der Waals surface area contributed by atoms with Crippen LogP contribution in [0, 0.1) is 6.92 Å². The van der Waals surface area contributed by atoms with Gasteiger partial charge < -0.3 is 14.8 Å². The highest BCUT2D eigenvalue weighted by Crippen LogP contribution is 2.31. The average molecular weight is 524 g/mol. The maximum Gasteiger partial charge on any atom is 0.433 e. The quantitative estimate of drug-likeness (QED) is 0.346. The van der Waals surface area contributed by atoms with Gasteiger partial charge in [-0.15, -0.1) is 0 Å². The number of aryl methyl sites for hydroxylation is 1. The molecule has 1 N–H and O–H groups in total. The predicted octanol–water partition coefficient (Wildman–Crippen LogP) is 5.47. The Kier molecular flexibility index (Phi) is 7.10. The SMILES string of the molecule is Cc1ccc(NC(=O)c2ccnc(C(F)(F)F)c2)cc1-n1cc(-c2cnccc2OCC2CCCO2)cn1. The van der Waals surface area contributed by atoms with Crippen molar-refractivity contribution < 1.29 is 27.4 Å². The average Bonchev–Trinajstić information content (AvgIpc) is 3.61. The standard InChI is InChI=1S/C27H24F3N5O3/c1-17-4-5-20(34-26(36)18-6-9-32-25(11-18)27(28,29)30)12-23(17)35-15-19(13-33-35)22-14-31-8-7-24(22)38-16-21-3-2-10-37-21/h4-9,11-15,21H,2-3,10,16H2,1H3,(H,34,36). The van der Waals surface area contributed by atoms with Gasteiger partial charge in [0.05, 0.1) is 18.0 Å². The summed E-state index contributed by atoms with van der Waals surface area (Å²) in [6.07, 6.45) is 5.27. The lowest BCUT2D eigenvalue weighted by molar-refractivity contribution is -0.141. The topological polar surface area (TPSA) is 91.2 Å². The molecular weight excluding hydrogens is 499 g/mol. The molecule has 1 fully saturated rings. The fourth-order valence-electron chi connectivity index (χ4n) is 4.14. The van der Waals surface area contributed by atoms with Crippen molar-refractivity contribution in [3.05, 3.63) is 84.2 Å². The van der Waals surface area contributed by atoms with E-state index in [1.54, 1.807) is 47.5 Å². The minimum Gasteiger partial charge on any atom is -0.490 e. The number of carbonyl (C=O) groups excluding carboxylic acids is 1. The van der Waals surface area contributed by atoms with E-state index in [1.807, 2.05) is 13.1 Å². The molecule has 1 saturated heterocycles. The summed E-state index contributed by atoms with van der Waals surface area (Å²) in [5.74, 6) is -0.0133. The number of hydrogen-bond donors (Lipinski definition) is 1. The van der Waals surface area contributed by atoms with Crippen molar-refractivity contribution in [3.8, 4) is 22.6 Å². The van der Waals surface area contributed by atoms with E-state index in [2.05, 4.69) is 20.4 Å². The summed E-state index contributed by atoms with van der Waals surface area (Å²) in [6.45, 7) is 3.09. The van der Waals surface area contributed by atoms with Gasteiger partial charge >= 0.3 is 6.18 Å². The van der Waals surface area contributed by atoms with E-state index in [1.165, 1.54) is 6.07 Å². The summed E-state index contributed by atoms with van der Waals surface area (Å²) < 4.78 is 52.3. The van der Waals surface area contributed by atoms with E-state index in [9.17, 15) is 18.0 Å². The fraction of sp³-hybridized carbons (Fsp3) is 0.259. The van der Waals surface area contributed by atoms with E-state index in [4.69, 9.17) is 9.47 Å². The van der Waals surface area contributed by atoms with Crippen molar-refractivity contribution in [2.45, 2.75) is 32.0 Å². The normalized spacial score (nSPS) is 15.4. The number of halogens is 3. The third-order valence-electron chi connectivity index (χ3n) is 6.15. The van der Waals surface area contributed by atoms with Gasteiger partial charge in [0, 0.05) is 53.8 Å². The number of nitrogens with zero attached hydrogens (tertiary/aromatic N) is 4. The Morgan fingerprint density at radius 3 is 2.84 bits per heavy atom. The zero-order valence-corrected chi connectivity index (χ0v) is 20.4. The van der Waals surface area contributed by atoms with Gasteiger partial charge in [0.2, 0.25) is 0 Å². The lowest BCUT2D eigenvalue weighted by Gasteiger charge is -2.13. The molecule has 11 heteroatoms. The van der Waals surface area contributed by atoms with Gasteiger partial charge in [0.1, 0.15) is 18.1 Å². The number of aromatic nitrogens is 4. The lowest BCUT2D eigenvalue weighted by atomic mass is 10.1. The van der Waals surface area contributed by atoms with Crippen molar-refractivity contribution in [2.75, 3.05) is 18.5 Å². The highest BCUT2D eigenvalue weighted by atomic mass is 19.4. The van der Waals surface area contributed by atoms with E-state index in [0.717, 1.165) is 48.4 Å². The van der Waals surface area contributed by atoms with Gasteiger partial charge in [0.25, 0.3) is 5.91 Å². The molecule has 0 saturated carbocycles. The number of benzene rings is 1. The Morgan fingerprint density at radius 1 is 1.18 bits per heavy atom. The maximum absolute atomic E-state index is 13.0. The Bertz CT molecular complexity index is 1450. The molecule has 5 rings (SSSR count). The molecule has 196 valence electrons. The second kappa shape index (κ2) is 10.6. The van der Waals surface area contributed by atoms with Crippen molar-refractivity contribution in [1.29, 1.82) is 0 Å². The van der Waals surface area contributed by atoms with Crippen molar-refractivity contribution in [2.24, 2.45) is 0 Å². The Hall–Kier alpha value is -4.25. The molecule has 0 bridgehead atoms. The van der Waals surface area contributed by atoms with Gasteiger partial charge in [-0.25, -0.2) is 4.68 Å². The molecule has 8 nitrogen and oxygen atoms in total. The van der Waals surface area contributed by atoms with Crippen LogP contribution in [-0.4, -0.2) is 45.0 Å². The first-order valence-corrected chi connectivity index (χ1v) is 12.0. The van der Waals surface area contributed by atoms with E-state index >= 15 is 0 Å². The molecule has 1 amide bonds. The fourth-order valence-corrected chi connectivity index (χ4v) is 4.14. The van der Waals surface area contributed by atoms with Crippen molar-refractivity contribution >= 4 is 11.6 Å². The molecule has 1 aromatic carbocycles. The number of amides is 1. The van der Waals surface area contributed by atoms with Gasteiger partial charge in [-0.1, -0.05) is 6.07 Å². The molecule has 0 spiro atoms. The molecular formula is C27H24F3N5O3. The first-order chi connectivity index (χ1) is 18.3. The Balaban J connectivity index is 1.35. The van der Waals surface area contributed by atoms with Gasteiger partial charge in [-0.3, -0.25) is 14.8 Å². The maximum atomic E-state index is 13.0. The summed E-state index contributed by atoms with van der Waals surface area (Å²) in [4.78, 5) is 20.2. The predicted molar refractivity (Wildman–Crippen MR) is 133 cm³/mol. The summed E-state index contributed by atoms with van der Waals surface area (Å²) in [5, 5.41) is 7.13. The molecule has 0 aliphatic carbocycles. The first kappa shape index (κ1) is 25.4. The number of rotatable bonds is 7. The van der Waals surface area contributed by atoms with Gasteiger partial charge in [0.15, 0.2) is 0 Å². The molecule has 0 radical (unpaired) electrons. The smallest absolute Gasteiger partial charge is 0.433 e. The van der Waals surface area contributed by atoms with Crippen LogP contribution in [0.15, 0.2) is 67.4 Å².